The van der Waals surface area contributed by atoms with Gasteiger partial charge in [0.1, 0.15) is 5.82 Å². The van der Waals surface area contributed by atoms with Gasteiger partial charge in [-0.25, -0.2) is 0 Å². The molecule has 3 aromatic rings. The van der Waals surface area contributed by atoms with E-state index in [4.69, 9.17) is 0 Å². The molecule has 1 spiro atoms. The van der Waals surface area contributed by atoms with Gasteiger partial charge in [0.25, 0.3) is 0 Å². The summed E-state index contributed by atoms with van der Waals surface area (Å²) in [7, 11) is 0. The molecule has 1 N–H and O–H groups in total. The quantitative estimate of drug-likeness (QED) is 0.803. The minimum atomic E-state index is 0.404. The summed E-state index contributed by atoms with van der Waals surface area (Å²) in [5, 5.41) is 19.2. The second-order valence-electron chi connectivity index (χ2n) is 6.69. The molecule has 2 atom stereocenters. The zero-order valence-corrected chi connectivity index (χ0v) is 12.8. The third-order valence-corrected chi connectivity index (χ3v) is 5.45. The highest BCUT2D eigenvalue weighted by atomic mass is 15.6. The van der Waals surface area contributed by atoms with Crippen LogP contribution in [0.1, 0.15) is 30.4 Å². The van der Waals surface area contributed by atoms with Gasteiger partial charge in [-0.1, -0.05) is 24.3 Å². The van der Waals surface area contributed by atoms with Crippen molar-refractivity contribution >= 4 is 11.5 Å². The van der Waals surface area contributed by atoms with E-state index in [9.17, 15) is 0 Å². The summed E-state index contributed by atoms with van der Waals surface area (Å²) in [5.41, 5.74) is 4.21. The number of rotatable bonds is 3. The lowest BCUT2D eigenvalue weighted by atomic mass is 9.78. The van der Waals surface area contributed by atoms with Gasteiger partial charge >= 0.3 is 0 Å². The summed E-state index contributed by atoms with van der Waals surface area (Å²) in [6.45, 7) is 0.953. The SMILES string of the molecule is c1ccc2c(c1)CCC[C@]21C[C@H]1CNc1ccc2nnnn2n1. The molecule has 0 amide bonds. The Labute approximate surface area is 133 Å². The van der Waals surface area contributed by atoms with Crippen molar-refractivity contribution in [1.82, 2.24) is 25.3 Å². The normalized spacial score (nSPS) is 25.5. The Balaban J connectivity index is 1.34. The first-order chi connectivity index (χ1) is 11.4. The molecule has 1 fully saturated rings. The highest BCUT2D eigenvalue weighted by Gasteiger charge is 2.55. The number of tetrazole rings is 1. The first-order valence-electron chi connectivity index (χ1n) is 8.23. The van der Waals surface area contributed by atoms with Crippen molar-refractivity contribution in [3.63, 3.8) is 0 Å². The first kappa shape index (κ1) is 13.0. The zero-order valence-electron chi connectivity index (χ0n) is 12.8. The van der Waals surface area contributed by atoms with E-state index in [2.05, 4.69) is 50.2 Å². The van der Waals surface area contributed by atoms with E-state index < -0.39 is 0 Å². The molecule has 2 aliphatic rings. The van der Waals surface area contributed by atoms with E-state index >= 15 is 0 Å². The molecule has 23 heavy (non-hydrogen) atoms. The highest BCUT2D eigenvalue weighted by molar-refractivity contribution is 5.45. The number of fused-ring (bicyclic) bond motifs is 3. The third-order valence-electron chi connectivity index (χ3n) is 5.45. The number of benzene rings is 1. The van der Waals surface area contributed by atoms with Gasteiger partial charge in [0, 0.05) is 12.0 Å². The molecule has 116 valence electrons. The van der Waals surface area contributed by atoms with Crippen molar-refractivity contribution in [3.05, 3.63) is 47.5 Å². The van der Waals surface area contributed by atoms with Gasteiger partial charge in [-0.3, -0.25) is 0 Å². The zero-order chi connectivity index (χ0) is 15.3. The summed E-state index contributed by atoms with van der Waals surface area (Å²) in [5.74, 6) is 1.52. The molecule has 0 unspecified atom stereocenters. The summed E-state index contributed by atoms with van der Waals surface area (Å²) >= 11 is 0. The van der Waals surface area contributed by atoms with E-state index in [1.54, 1.807) is 11.1 Å². The van der Waals surface area contributed by atoms with Gasteiger partial charge in [-0.2, -0.15) is 0 Å². The molecule has 1 aromatic carbocycles. The summed E-state index contributed by atoms with van der Waals surface area (Å²) in [6.07, 6.45) is 5.14. The lowest BCUT2D eigenvalue weighted by molar-refractivity contribution is 0.503. The van der Waals surface area contributed by atoms with Crippen LogP contribution in [-0.2, 0) is 11.8 Å². The molecule has 2 heterocycles. The van der Waals surface area contributed by atoms with Crippen LogP contribution in [0, 0.1) is 5.92 Å². The fraction of sp³-hybridized carbons (Fsp3) is 0.412. The van der Waals surface area contributed by atoms with Gasteiger partial charge in [0.05, 0.1) is 0 Å². The second kappa shape index (κ2) is 4.75. The minimum Gasteiger partial charge on any atom is -0.368 e. The van der Waals surface area contributed by atoms with Crippen LogP contribution in [0.2, 0.25) is 0 Å². The van der Waals surface area contributed by atoms with E-state index in [1.807, 2.05) is 12.1 Å². The molecule has 0 radical (unpaired) electrons. The van der Waals surface area contributed by atoms with Gasteiger partial charge in [-0.15, -0.1) is 14.8 Å². The number of nitrogens with zero attached hydrogens (tertiary/aromatic N) is 5. The smallest absolute Gasteiger partial charge is 0.200 e. The molecule has 6 nitrogen and oxygen atoms in total. The van der Waals surface area contributed by atoms with Crippen molar-refractivity contribution in [2.45, 2.75) is 31.1 Å². The number of hydrogen-bond donors (Lipinski definition) is 1. The minimum absolute atomic E-state index is 0.404. The topological polar surface area (TPSA) is 68.0 Å². The maximum atomic E-state index is 4.38. The van der Waals surface area contributed by atoms with Crippen LogP contribution in [0.25, 0.3) is 5.65 Å². The summed E-state index contributed by atoms with van der Waals surface area (Å²) < 4.78 is 1.46. The van der Waals surface area contributed by atoms with Crippen molar-refractivity contribution in [2.24, 2.45) is 5.92 Å². The van der Waals surface area contributed by atoms with Gasteiger partial charge in [0.15, 0.2) is 5.65 Å². The Bertz CT molecular complexity index is 872. The average molecular weight is 306 g/mol. The molecule has 5 rings (SSSR count). The molecule has 2 aromatic heterocycles. The van der Waals surface area contributed by atoms with Crippen molar-refractivity contribution in [2.75, 3.05) is 11.9 Å². The number of anilines is 1. The van der Waals surface area contributed by atoms with Gasteiger partial charge in [-0.05, 0) is 65.3 Å². The maximum absolute atomic E-state index is 4.38. The van der Waals surface area contributed by atoms with Crippen LogP contribution in [0.4, 0.5) is 5.82 Å². The molecule has 0 aliphatic heterocycles. The fourth-order valence-electron chi connectivity index (χ4n) is 4.21. The Morgan fingerprint density at radius 3 is 3.17 bits per heavy atom. The van der Waals surface area contributed by atoms with Crippen molar-refractivity contribution in [1.29, 1.82) is 0 Å². The predicted octanol–water partition coefficient (Wildman–Crippen LogP) is 2.23. The molecular formula is C17H18N6. The molecule has 6 heteroatoms. The molecular weight excluding hydrogens is 288 g/mol. The molecule has 1 saturated carbocycles. The number of aromatic nitrogens is 5. The Morgan fingerprint density at radius 1 is 1.22 bits per heavy atom. The predicted molar refractivity (Wildman–Crippen MR) is 86.2 cm³/mol. The maximum Gasteiger partial charge on any atom is 0.200 e. The van der Waals surface area contributed by atoms with Crippen LogP contribution >= 0.6 is 0 Å². The Morgan fingerprint density at radius 2 is 2.17 bits per heavy atom. The fourth-order valence-corrected chi connectivity index (χ4v) is 4.21. The average Bonchev–Trinajstić information content (AvgIpc) is 3.06. The second-order valence-corrected chi connectivity index (χ2v) is 6.69. The Kier molecular flexibility index (Phi) is 2.68. The summed E-state index contributed by atoms with van der Waals surface area (Å²) in [6, 6.07) is 12.8. The number of hydrogen-bond acceptors (Lipinski definition) is 5. The highest BCUT2D eigenvalue weighted by Crippen LogP contribution is 2.60. The van der Waals surface area contributed by atoms with Crippen molar-refractivity contribution in [3.8, 4) is 0 Å². The Hall–Kier alpha value is -2.50. The number of aryl methyl sites for hydroxylation is 1. The van der Waals surface area contributed by atoms with E-state index in [0.29, 0.717) is 17.0 Å². The molecule has 2 aliphatic carbocycles. The van der Waals surface area contributed by atoms with E-state index in [0.717, 1.165) is 12.4 Å². The van der Waals surface area contributed by atoms with Gasteiger partial charge in [0.2, 0.25) is 0 Å². The van der Waals surface area contributed by atoms with E-state index in [1.165, 1.54) is 30.3 Å². The van der Waals surface area contributed by atoms with Gasteiger partial charge < -0.3 is 5.32 Å². The van der Waals surface area contributed by atoms with Crippen LogP contribution in [0.15, 0.2) is 36.4 Å². The van der Waals surface area contributed by atoms with Crippen LogP contribution < -0.4 is 5.32 Å². The molecule has 0 saturated heterocycles. The summed E-state index contributed by atoms with van der Waals surface area (Å²) in [4.78, 5) is 0. The van der Waals surface area contributed by atoms with Crippen LogP contribution in [0.5, 0.6) is 0 Å². The number of nitrogens with one attached hydrogen (secondary N) is 1. The third kappa shape index (κ3) is 2.01. The first-order valence-corrected chi connectivity index (χ1v) is 8.23. The lowest BCUT2D eigenvalue weighted by Gasteiger charge is -2.26. The lowest BCUT2D eigenvalue weighted by Crippen LogP contribution is -2.21. The van der Waals surface area contributed by atoms with Crippen LogP contribution in [-0.4, -0.2) is 31.8 Å². The van der Waals surface area contributed by atoms with E-state index in [-0.39, 0.29) is 0 Å². The standard InChI is InChI=1S/C17H18N6/c1-2-6-14-12(4-1)5-3-9-17(14)10-13(17)11-18-15-7-8-16-19-21-22-23(16)20-15/h1-2,4,6-8,13H,3,5,9-11H2,(H,18,20)/t13-,17+/m0/s1. The largest absolute Gasteiger partial charge is 0.368 e. The van der Waals surface area contributed by atoms with Crippen LogP contribution in [0.3, 0.4) is 0 Å². The monoisotopic (exact) mass is 306 g/mol. The molecule has 0 bridgehead atoms. The van der Waals surface area contributed by atoms with Crippen molar-refractivity contribution < 1.29 is 0 Å².